The van der Waals surface area contributed by atoms with E-state index >= 15 is 0 Å². The van der Waals surface area contributed by atoms with Crippen molar-refractivity contribution in [3.8, 4) is 0 Å². The van der Waals surface area contributed by atoms with Gasteiger partial charge in [0.2, 0.25) is 5.89 Å². The van der Waals surface area contributed by atoms with Crippen LogP contribution in [0.2, 0.25) is 0 Å². The topological polar surface area (TPSA) is 64.9 Å². The molecule has 1 fully saturated rings. The molecular weight excluding hydrogens is 262 g/mol. The second kappa shape index (κ2) is 4.67. The second-order valence-corrected chi connectivity index (χ2v) is 6.77. The summed E-state index contributed by atoms with van der Waals surface area (Å²) in [6, 6.07) is 8.47. The molecule has 0 aliphatic heterocycles. The number of nitrogens with zero attached hydrogens (tertiary/aromatic N) is 2. The first kappa shape index (κ1) is 13.0. The highest BCUT2D eigenvalue weighted by Crippen LogP contribution is 2.41. The summed E-state index contributed by atoms with van der Waals surface area (Å²) in [4.78, 5) is 4.66. The van der Waals surface area contributed by atoms with Gasteiger partial charge in [0, 0.05) is 0 Å². The first-order chi connectivity index (χ1) is 10.2. The number of hydrogen-bond acceptors (Lipinski definition) is 4. The van der Waals surface area contributed by atoms with Crippen molar-refractivity contribution >= 4 is 0 Å². The van der Waals surface area contributed by atoms with Crippen LogP contribution in [0.1, 0.15) is 61.4 Å². The Morgan fingerprint density at radius 2 is 2.19 bits per heavy atom. The number of benzene rings is 1. The Bertz CT molecular complexity index is 666. The average molecular weight is 283 g/mol. The van der Waals surface area contributed by atoms with Gasteiger partial charge in [-0.15, -0.1) is 0 Å². The highest BCUT2D eigenvalue weighted by Gasteiger charge is 2.39. The zero-order chi connectivity index (χ0) is 14.4. The molecule has 0 bridgehead atoms. The zero-order valence-corrected chi connectivity index (χ0v) is 12.4. The number of nitrogens with two attached hydrogens (primary N) is 1. The van der Waals surface area contributed by atoms with Crippen LogP contribution in [0, 0.1) is 5.92 Å². The quantitative estimate of drug-likeness (QED) is 0.919. The van der Waals surface area contributed by atoms with Gasteiger partial charge >= 0.3 is 0 Å². The van der Waals surface area contributed by atoms with Crippen LogP contribution < -0.4 is 5.73 Å². The molecule has 21 heavy (non-hydrogen) atoms. The van der Waals surface area contributed by atoms with E-state index in [0.717, 1.165) is 31.5 Å². The van der Waals surface area contributed by atoms with E-state index in [9.17, 15) is 0 Å². The fraction of sp³-hybridized carbons (Fsp3) is 0.529. The molecule has 4 heteroatoms. The molecule has 4 rings (SSSR count). The van der Waals surface area contributed by atoms with Crippen LogP contribution in [-0.4, -0.2) is 10.1 Å². The molecule has 0 saturated heterocycles. The van der Waals surface area contributed by atoms with Gasteiger partial charge in [0.15, 0.2) is 5.82 Å². The molecule has 2 aliphatic rings. The first-order valence-corrected chi connectivity index (χ1v) is 7.86. The van der Waals surface area contributed by atoms with Gasteiger partial charge in [0.05, 0.1) is 11.5 Å². The van der Waals surface area contributed by atoms with Crippen LogP contribution in [0.25, 0.3) is 0 Å². The number of fused-ring (bicyclic) bond motifs is 1. The summed E-state index contributed by atoms with van der Waals surface area (Å²) in [6.07, 6.45) is 5.27. The summed E-state index contributed by atoms with van der Waals surface area (Å²) in [5, 5.41) is 4.22. The molecule has 1 aromatic carbocycles. The van der Waals surface area contributed by atoms with Gasteiger partial charge < -0.3 is 10.3 Å². The molecule has 0 amide bonds. The Morgan fingerprint density at radius 3 is 3.00 bits per heavy atom. The summed E-state index contributed by atoms with van der Waals surface area (Å²) in [5.41, 5.74) is 8.84. The van der Waals surface area contributed by atoms with Crippen LogP contribution in [0.3, 0.4) is 0 Å². The highest BCUT2D eigenvalue weighted by atomic mass is 16.5. The lowest BCUT2D eigenvalue weighted by molar-refractivity contribution is 0.183. The molecule has 3 atom stereocenters. The van der Waals surface area contributed by atoms with Crippen molar-refractivity contribution in [1.29, 1.82) is 0 Å². The maximum atomic E-state index is 6.54. The standard InChI is InChI=1S/C17H21N3O/c1-11-5-4-8-17(18,10-11)16-19-15(20-21-16)14-9-12-6-2-3-7-13(12)14/h2-3,6-7,11,14H,4-5,8-10,18H2,1H3. The lowest BCUT2D eigenvalue weighted by atomic mass is 9.76. The second-order valence-electron chi connectivity index (χ2n) is 6.77. The van der Waals surface area contributed by atoms with Crippen LogP contribution in [0.4, 0.5) is 0 Å². The van der Waals surface area contributed by atoms with E-state index < -0.39 is 5.54 Å². The van der Waals surface area contributed by atoms with E-state index in [1.807, 2.05) is 0 Å². The fourth-order valence-electron chi connectivity index (χ4n) is 3.85. The van der Waals surface area contributed by atoms with Crippen molar-refractivity contribution in [2.24, 2.45) is 11.7 Å². The van der Waals surface area contributed by atoms with Crippen LogP contribution in [-0.2, 0) is 12.0 Å². The molecule has 0 spiro atoms. The van der Waals surface area contributed by atoms with Gasteiger partial charge in [0.1, 0.15) is 0 Å². The minimum Gasteiger partial charge on any atom is -0.337 e. The monoisotopic (exact) mass is 283 g/mol. The molecular formula is C17H21N3O. The third-order valence-electron chi connectivity index (χ3n) is 5.07. The van der Waals surface area contributed by atoms with Gasteiger partial charge in [-0.1, -0.05) is 49.2 Å². The smallest absolute Gasteiger partial charge is 0.246 e. The maximum Gasteiger partial charge on any atom is 0.246 e. The Balaban J connectivity index is 1.60. The van der Waals surface area contributed by atoms with E-state index in [0.29, 0.717) is 11.8 Å². The van der Waals surface area contributed by atoms with Gasteiger partial charge in [-0.25, -0.2) is 0 Å². The molecule has 2 N–H and O–H groups in total. The van der Waals surface area contributed by atoms with Crippen molar-refractivity contribution in [2.45, 2.75) is 50.5 Å². The molecule has 4 nitrogen and oxygen atoms in total. The van der Waals surface area contributed by atoms with Crippen molar-refractivity contribution in [3.63, 3.8) is 0 Å². The Labute approximate surface area is 124 Å². The minimum atomic E-state index is -0.424. The molecule has 3 unspecified atom stereocenters. The van der Waals surface area contributed by atoms with Crippen LogP contribution in [0.15, 0.2) is 28.8 Å². The molecule has 1 aromatic heterocycles. The summed E-state index contributed by atoms with van der Waals surface area (Å²) in [5.74, 6) is 2.34. The van der Waals surface area contributed by atoms with Crippen molar-refractivity contribution in [3.05, 3.63) is 47.1 Å². The summed E-state index contributed by atoms with van der Waals surface area (Å²) < 4.78 is 5.54. The lowest BCUT2D eigenvalue weighted by Crippen LogP contribution is -2.41. The largest absolute Gasteiger partial charge is 0.337 e. The molecule has 1 heterocycles. The summed E-state index contributed by atoms with van der Waals surface area (Å²) in [7, 11) is 0. The van der Waals surface area contributed by atoms with Crippen molar-refractivity contribution in [2.75, 3.05) is 0 Å². The molecule has 2 aromatic rings. The van der Waals surface area contributed by atoms with E-state index in [-0.39, 0.29) is 5.92 Å². The third kappa shape index (κ3) is 2.09. The predicted octanol–water partition coefficient (Wildman–Crippen LogP) is 3.12. The maximum absolute atomic E-state index is 6.54. The van der Waals surface area contributed by atoms with Gasteiger partial charge in [-0.2, -0.15) is 4.98 Å². The molecule has 110 valence electrons. The number of rotatable bonds is 2. The zero-order valence-electron chi connectivity index (χ0n) is 12.4. The normalized spacial score (nSPS) is 31.5. The highest BCUT2D eigenvalue weighted by molar-refractivity contribution is 5.43. The van der Waals surface area contributed by atoms with Crippen LogP contribution in [0.5, 0.6) is 0 Å². The van der Waals surface area contributed by atoms with E-state index in [2.05, 4.69) is 41.3 Å². The first-order valence-electron chi connectivity index (χ1n) is 7.86. The number of hydrogen-bond donors (Lipinski definition) is 1. The predicted molar refractivity (Wildman–Crippen MR) is 79.8 cm³/mol. The Kier molecular flexibility index (Phi) is 2.89. The van der Waals surface area contributed by atoms with Gasteiger partial charge in [0.25, 0.3) is 0 Å². The van der Waals surface area contributed by atoms with E-state index in [1.54, 1.807) is 0 Å². The van der Waals surface area contributed by atoms with E-state index in [4.69, 9.17) is 10.3 Å². The number of aromatic nitrogens is 2. The van der Waals surface area contributed by atoms with Crippen LogP contribution >= 0.6 is 0 Å². The Hall–Kier alpha value is -1.68. The summed E-state index contributed by atoms with van der Waals surface area (Å²) >= 11 is 0. The Morgan fingerprint density at radius 1 is 1.33 bits per heavy atom. The van der Waals surface area contributed by atoms with Crippen molar-refractivity contribution in [1.82, 2.24) is 10.1 Å². The average Bonchev–Trinajstić information content (AvgIpc) is 2.90. The SMILES string of the molecule is CC1CCCC(N)(c2nc(C3Cc4ccccc43)no2)C1. The lowest BCUT2D eigenvalue weighted by Gasteiger charge is -2.33. The molecule has 2 aliphatic carbocycles. The van der Waals surface area contributed by atoms with E-state index in [1.165, 1.54) is 17.5 Å². The van der Waals surface area contributed by atoms with Gasteiger partial charge in [-0.05, 0) is 36.3 Å². The fourth-order valence-corrected chi connectivity index (χ4v) is 3.85. The molecule has 1 saturated carbocycles. The summed E-state index contributed by atoms with van der Waals surface area (Å²) in [6.45, 7) is 2.25. The third-order valence-corrected chi connectivity index (χ3v) is 5.07. The van der Waals surface area contributed by atoms with Gasteiger partial charge in [-0.3, -0.25) is 0 Å². The van der Waals surface area contributed by atoms with Crippen molar-refractivity contribution < 1.29 is 4.52 Å². The minimum absolute atomic E-state index is 0.281. The molecule has 0 radical (unpaired) electrons.